The van der Waals surface area contributed by atoms with Gasteiger partial charge in [-0.3, -0.25) is 9.69 Å². The van der Waals surface area contributed by atoms with Crippen LogP contribution in [0.5, 0.6) is 0 Å². The Morgan fingerprint density at radius 2 is 1.61 bits per heavy atom. The van der Waals surface area contributed by atoms with Gasteiger partial charge in [0.25, 0.3) is 5.91 Å². The number of rotatable bonds is 6. The van der Waals surface area contributed by atoms with Crippen LogP contribution in [-0.4, -0.2) is 52.0 Å². The fraction of sp³-hybridized carbons (Fsp3) is 0.269. The van der Waals surface area contributed by atoms with Gasteiger partial charge in [-0.25, -0.2) is 0 Å². The number of benzene rings is 2. The van der Waals surface area contributed by atoms with Crippen LogP contribution in [0.4, 0.5) is 0 Å². The number of aromatic nitrogens is 2. The van der Waals surface area contributed by atoms with Crippen molar-refractivity contribution in [3.63, 3.8) is 0 Å². The van der Waals surface area contributed by atoms with Crippen LogP contribution < -0.4 is 0 Å². The van der Waals surface area contributed by atoms with E-state index in [0.717, 1.165) is 30.6 Å². The summed E-state index contributed by atoms with van der Waals surface area (Å²) in [7, 11) is 0. The second-order valence-electron chi connectivity index (χ2n) is 8.20. The molecule has 5 rings (SSSR count). The quantitative estimate of drug-likeness (QED) is 0.446. The molecule has 168 valence electrons. The van der Waals surface area contributed by atoms with Crippen molar-refractivity contribution in [2.45, 2.75) is 18.9 Å². The van der Waals surface area contributed by atoms with E-state index in [9.17, 15) is 4.79 Å². The molecular formula is C26H26N4O3. The van der Waals surface area contributed by atoms with Gasteiger partial charge in [0.1, 0.15) is 0 Å². The molecule has 0 atom stereocenters. The third-order valence-electron chi connectivity index (χ3n) is 5.97. The van der Waals surface area contributed by atoms with Crippen LogP contribution in [0, 0.1) is 0 Å². The molecule has 0 unspecified atom stereocenters. The zero-order valence-electron chi connectivity index (χ0n) is 18.3. The molecule has 0 spiro atoms. The molecule has 0 N–H and O–H groups in total. The Bertz CT molecular complexity index is 1120. The maximum Gasteiger partial charge on any atom is 0.289 e. The Labute approximate surface area is 192 Å². The molecule has 4 aromatic rings. The predicted octanol–water partition coefficient (Wildman–Crippen LogP) is 4.19. The van der Waals surface area contributed by atoms with Crippen LogP contribution in [0.1, 0.15) is 45.7 Å². The van der Waals surface area contributed by atoms with Crippen molar-refractivity contribution < 1.29 is 13.7 Å². The molecule has 3 heterocycles. The van der Waals surface area contributed by atoms with E-state index in [2.05, 4.69) is 34.3 Å². The lowest BCUT2D eigenvalue weighted by molar-refractivity contribution is 0.0728. The van der Waals surface area contributed by atoms with Gasteiger partial charge >= 0.3 is 0 Å². The summed E-state index contributed by atoms with van der Waals surface area (Å²) in [6.07, 6.45) is 2.41. The van der Waals surface area contributed by atoms with Crippen molar-refractivity contribution in [1.29, 1.82) is 0 Å². The number of nitrogens with zero attached hydrogens (tertiary/aromatic N) is 4. The number of furan rings is 1. The van der Waals surface area contributed by atoms with E-state index >= 15 is 0 Å². The van der Waals surface area contributed by atoms with Crippen LogP contribution in [0.3, 0.4) is 0 Å². The summed E-state index contributed by atoms with van der Waals surface area (Å²) in [6, 6.07) is 23.9. The summed E-state index contributed by atoms with van der Waals surface area (Å²) in [4.78, 5) is 21.5. The highest BCUT2D eigenvalue weighted by Gasteiger charge is 2.25. The smallest absolute Gasteiger partial charge is 0.289 e. The summed E-state index contributed by atoms with van der Waals surface area (Å²) in [5.74, 6) is 1.49. The minimum absolute atomic E-state index is 0.0597. The van der Waals surface area contributed by atoms with Gasteiger partial charge in [0.2, 0.25) is 5.89 Å². The van der Waals surface area contributed by atoms with Gasteiger partial charge in [0.15, 0.2) is 11.6 Å². The topological polar surface area (TPSA) is 75.6 Å². The first-order valence-electron chi connectivity index (χ1n) is 11.3. The molecule has 2 aromatic heterocycles. The molecule has 1 saturated heterocycles. The minimum Gasteiger partial charge on any atom is -0.459 e. The second-order valence-corrected chi connectivity index (χ2v) is 8.20. The summed E-state index contributed by atoms with van der Waals surface area (Å²) < 4.78 is 10.9. The maximum absolute atomic E-state index is 12.6. The number of hydrogen-bond donors (Lipinski definition) is 0. The lowest BCUT2D eigenvalue weighted by Crippen LogP contribution is -2.34. The third-order valence-corrected chi connectivity index (χ3v) is 5.97. The summed E-state index contributed by atoms with van der Waals surface area (Å²) >= 11 is 0. The summed E-state index contributed by atoms with van der Waals surface area (Å²) in [5, 5.41) is 4.35. The van der Waals surface area contributed by atoms with E-state index in [-0.39, 0.29) is 11.8 Å². The van der Waals surface area contributed by atoms with Gasteiger partial charge in [-0.05, 0) is 29.7 Å². The minimum atomic E-state index is -0.0876. The molecule has 0 radical (unpaired) electrons. The van der Waals surface area contributed by atoms with Gasteiger partial charge in [-0.1, -0.05) is 65.8 Å². The highest BCUT2D eigenvalue weighted by atomic mass is 16.5. The zero-order valence-corrected chi connectivity index (χ0v) is 18.3. The van der Waals surface area contributed by atoms with Crippen LogP contribution in [-0.2, 0) is 6.54 Å². The van der Waals surface area contributed by atoms with E-state index in [1.54, 1.807) is 12.1 Å². The highest BCUT2D eigenvalue weighted by Crippen LogP contribution is 2.30. The molecule has 0 saturated carbocycles. The number of carbonyl (C=O) groups is 1. The molecule has 33 heavy (non-hydrogen) atoms. The van der Waals surface area contributed by atoms with E-state index in [0.29, 0.717) is 37.1 Å². The van der Waals surface area contributed by atoms with Crippen LogP contribution in [0.15, 0.2) is 88.0 Å². The van der Waals surface area contributed by atoms with Gasteiger partial charge in [0.05, 0.1) is 18.7 Å². The lowest BCUT2D eigenvalue weighted by atomic mass is 9.91. The van der Waals surface area contributed by atoms with E-state index < -0.39 is 0 Å². The molecule has 1 aliphatic rings. The Morgan fingerprint density at radius 3 is 2.27 bits per heavy atom. The Kier molecular flexibility index (Phi) is 6.30. The predicted molar refractivity (Wildman–Crippen MR) is 123 cm³/mol. The lowest BCUT2D eigenvalue weighted by Gasteiger charge is -2.20. The fourth-order valence-electron chi connectivity index (χ4n) is 4.31. The third kappa shape index (κ3) is 4.88. The molecule has 1 amide bonds. The number of hydrogen-bond acceptors (Lipinski definition) is 6. The van der Waals surface area contributed by atoms with Crippen molar-refractivity contribution >= 4 is 5.91 Å². The Hall–Kier alpha value is -3.71. The molecule has 1 aliphatic heterocycles. The van der Waals surface area contributed by atoms with E-state index in [4.69, 9.17) is 13.9 Å². The molecule has 0 aliphatic carbocycles. The van der Waals surface area contributed by atoms with Gasteiger partial charge in [0, 0.05) is 26.2 Å². The standard InChI is InChI=1S/C26H26N4O3/c31-26(22-13-7-18-32-22)30-15-8-14-29(16-17-30)19-23-27-25(28-33-23)24(20-9-3-1-4-10-20)21-11-5-2-6-12-21/h1-7,9-13,18,24H,8,14-17,19H2. The Morgan fingerprint density at radius 1 is 0.879 bits per heavy atom. The normalized spacial score (nSPS) is 15.0. The molecule has 1 fully saturated rings. The average molecular weight is 443 g/mol. The largest absolute Gasteiger partial charge is 0.459 e. The molecule has 2 aromatic carbocycles. The number of amides is 1. The first-order valence-corrected chi connectivity index (χ1v) is 11.3. The van der Waals surface area contributed by atoms with Gasteiger partial charge < -0.3 is 13.8 Å². The Balaban J connectivity index is 1.29. The van der Waals surface area contributed by atoms with E-state index in [1.165, 1.54) is 6.26 Å². The summed E-state index contributed by atoms with van der Waals surface area (Å²) in [5.41, 5.74) is 2.25. The second kappa shape index (κ2) is 9.83. The number of carbonyl (C=O) groups excluding carboxylic acids is 1. The summed E-state index contributed by atoms with van der Waals surface area (Å²) in [6.45, 7) is 3.50. The fourth-order valence-corrected chi connectivity index (χ4v) is 4.31. The molecule has 0 bridgehead atoms. The SMILES string of the molecule is O=C(c1ccco1)N1CCCN(Cc2nc(C(c3ccccc3)c3ccccc3)no2)CC1. The first-order chi connectivity index (χ1) is 16.3. The van der Waals surface area contributed by atoms with Gasteiger partial charge in [-0.15, -0.1) is 0 Å². The van der Waals surface area contributed by atoms with Crippen LogP contribution in [0.2, 0.25) is 0 Å². The monoisotopic (exact) mass is 442 g/mol. The maximum atomic E-state index is 12.6. The zero-order chi connectivity index (χ0) is 22.5. The van der Waals surface area contributed by atoms with Crippen molar-refractivity contribution in [1.82, 2.24) is 19.9 Å². The average Bonchev–Trinajstić information content (AvgIpc) is 3.50. The molecule has 7 nitrogen and oxygen atoms in total. The van der Waals surface area contributed by atoms with Gasteiger partial charge in [-0.2, -0.15) is 4.98 Å². The van der Waals surface area contributed by atoms with Crippen LogP contribution >= 0.6 is 0 Å². The first kappa shape index (κ1) is 21.2. The molecule has 7 heteroatoms. The van der Waals surface area contributed by atoms with Crippen molar-refractivity contribution in [3.05, 3.63) is 108 Å². The van der Waals surface area contributed by atoms with Crippen molar-refractivity contribution in [2.75, 3.05) is 26.2 Å². The highest BCUT2D eigenvalue weighted by molar-refractivity contribution is 5.91. The molecular weight excluding hydrogens is 416 g/mol. The van der Waals surface area contributed by atoms with Crippen LogP contribution in [0.25, 0.3) is 0 Å². The van der Waals surface area contributed by atoms with Crippen molar-refractivity contribution in [2.24, 2.45) is 0 Å². The van der Waals surface area contributed by atoms with E-state index in [1.807, 2.05) is 41.3 Å². The van der Waals surface area contributed by atoms with Crippen molar-refractivity contribution in [3.8, 4) is 0 Å².